The van der Waals surface area contributed by atoms with Crippen molar-refractivity contribution in [2.75, 3.05) is 37.4 Å². The first-order valence-electron chi connectivity index (χ1n) is 7.18. The summed E-state index contributed by atoms with van der Waals surface area (Å²) in [5.41, 5.74) is 0.180. The van der Waals surface area contributed by atoms with Crippen LogP contribution in [0.5, 0.6) is 0 Å². The van der Waals surface area contributed by atoms with Crippen molar-refractivity contribution in [1.29, 1.82) is 0 Å². The Morgan fingerprint density at radius 3 is 2.88 bits per heavy atom. The van der Waals surface area contributed by atoms with E-state index in [1.54, 1.807) is 11.8 Å². The van der Waals surface area contributed by atoms with Crippen LogP contribution < -0.4 is 5.32 Å². The third-order valence-electron chi connectivity index (χ3n) is 3.17. The maximum atomic E-state index is 12.1. The number of amides is 2. The quantitative estimate of drug-likeness (QED) is 0.615. The van der Waals surface area contributed by atoms with E-state index in [4.69, 9.17) is 9.26 Å². The number of rotatable bonds is 5. The lowest BCUT2D eigenvalue weighted by atomic mass is 10.4. The predicted molar refractivity (Wildman–Crippen MR) is 87.2 cm³/mol. The molecule has 11 heteroatoms. The maximum Gasteiger partial charge on any atom is 0.279 e. The third kappa shape index (κ3) is 4.30. The zero-order valence-corrected chi connectivity index (χ0v) is 14.5. The van der Waals surface area contributed by atoms with Crippen LogP contribution in [0.15, 0.2) is 14.9 Å². The monoisotopic (exact) mass is 369 g/mol. The topological polar surface area (TPSA) is 110 Å². The second-order valence-electron chi connectivity index (χ2n) is 4.93. The summed E-state index contributed by atoms with van der Waals surface area (Å²) in [6.45, 7) is 4.09. The van der Waals surface area contributed by atoms with Crippen LogP contribution >= 0.6 is 23.1 Å². The minimum atomic E-state index is -0.413. The molecule has 1 fully saturated rings. The highest BCUT2D eigenvalue weighted by Gasteiger charge is 2.18. The van der Waals surface area contributed by atoms with Gasteiger partial charge in [-0.3, -0.25) is 14.9 Å². The Hall–Kier alpha value is -1.98. The van der Waals surface area contributed by atoms with Gasteiger partial charge in [0.25, 0.3) is 5.91 Å². The molecule has 1 saturated heterocycles. The zero-order chi connectivity index (χ0) is 16.9. The molecule has 3 rings (SSSR count). The molecule has 9 nitrogen and oxygen atoms in total. The number of nitrogens with zero attached hydrogens (tertiary/aromatic N) is 4. The highest BCUT2D eigenvalue weighted by molar-refractivity contribution is 8.01. The van der Waals surface area contributed by atoms with Crippen molar-refractivity contribution in [3.05, 3.63) is 17.5 Å². The molecular weight excluding hydrogens is 354 g/mol. The van der Waals surface area contributed by atoms with Crippen LogP contribution in [0, 0.1) is 6.92 Å². The van der Waals surface area contributed by atoms with E-state index in [1.165, 1.54) is 29.2 Å². The first kappa shape index (κ1) is 16.9. The van der Waals surface area contributed by atoms with Crippen molar-refractivity contribution in [3.63, 3.8) is 0 Å². The molecule has 0 aromatic carbocycles. The Labute approximate surface area is 145 Å². The van der Waals surface area contributed by atoms with Gasteiger partial charge in [0.2, 0.25) is 11.0 Å². The normalized spacial score (nSPS) is 14.6. The van der Waals surface area contributed by atoms with E-state index in [0.29, 0.717) is 41.5 Å². The minimum Gasteiger partial charge on any atom is -0.378 e. The average Bonchev–Trinajstić information content (AvgIpc) is 3.22. The summed E-state index contributed by atoms with van der Waals surface area (Å²) >= 11 is 2.50. The number of aryl methyl sites for hydroxylation is 1. The van der Waals surface area contributed by atoms with Gasteiger partial charge in [0.1, 0.15) is 5.76 Å². The summed E-state index contributed by atoms with van der Waals surface area (Å²) in [7, 11) is 0. The van der Waals surface area contributed by atoms with E-state index in [0.717, 1.165) is 0 Å². The molecule has 24 heavy (non-hydrogen) atoms. The van der Waals surface area contributed by atoms with Gasteiger partial charge in [0.15, 0.2) is 10.0 Å². The summed E-state index contributed by atoms with van der Waals surface area (Å²) in [5.74, 6) is 0.465. The molecule has 0 atom stereocenters. The molecule has 2 amide bonds. The standard InChI is InChI=1S/C13H15N5O4S2/c1-8-6-9(17-22-8)11(20)14-12-15-16-13(24-12)23-7-10(19)18-2-4-21-5-3-18/h6H,2-5,7H2,1H3,(H,14,15,20). The first-order valence-corrected chi connectivity index (χ1v) is 8.98. The van der Waals surface area contributed by atoms with Gasteiger partial charge in [0, 0.05) is 19.2 Å². The number of hydrogen-bond donors (Lipinski definition) is 1. The van der Waals surface area contributed by atoms with Gasteiger partial charge in [-0.1, -0.05) is 28.3 Å². The highest BCUT2D eigenvalue weighted by atomic mass is 32.2. The molecule has 0 bridgehead atoms. The lowest BCUT2D eigenvalue weighted by molar-refractivity contribution is -0.132. The summed E-state index contributed by atoms with van der Waals surface area (Å²) in [6.07, 6.45) is 0. The van der Waals surface area contributed by atoms with E-state index in [9.17, 15) is 9.59 Å². The first-order chi connectivity index (χ1) is 11.6. The molecule has 0 unspecified atom stereocenters. The predicted octanol–water partition coefficient (Wildman–Crippen LogP) is 1.04. The molecule has 2 aromatic rings. The van der Waals surface area contributed by atoms with Crippen LogP contribution in [0.1, 0.15) is 16.2 Å². The Morgan fingerprint density at radius 2 is 2.17 bits per heavy atom. The van der Waals surface area contributed by atoms with E-state index in [-0.39, 0.29) is 17.4 Å². The summed E-state index contributed by atoms with van der Waals surface area (Å²) in [4.78, 5) is 25.8. The zero-order valence-electron chi connectivity index (χ0n) is 12.9. The van der Waals surface area contributed by atoms with Crippen molar-refractivity contribution in [2.45, 2.75) is 11.3 Å². The van der Waals surface area contributed by atoms with Gasteiger partial charge in [-0.25, -0.2) is 0 Å². The fourth-order valence-corrected chi connectivity index (χ4v) is 3.63. The molecule has 1 N–H and O–H groups in total. The second-order valence-corrected chi connectivity index (χ2v) is 7.13. The summed E-state index contributed by atoms with van der Waals surface area (Å²) in [6, 6.07) is 1.53. The molecule has 1 aliphatic heterocycles. The Kier molecular flexibility index (Phi) is 5.43. The molecule has 128 valence electrons. The van der Waals surface area contributed by atoms with E-state index in [1.807, 2.05) is 0 Å². The molecule has 0 radical (unpaired) electrons. The van der Waals surface area contributed by atoms with Gasteiger partial charge in [-0.15, -0.1) is 10.2 Å². The van der Waals surface area contributed by atoms with Gasteiger partial charge >= 0.3 is 0 Å². The van der Waals surface area contributed by atoms with Crippen molar-refractivity contribution in [2.24, 2.45) is 0 Å². The van der Waals surface area contributed by atoms with Crippen molar-refractivity contribution in [3.8, 4) is 0 Å². The molecule has 3 heterocycles. The smallest absolute Gasteiger partial charge is 0.279 e. The van der Waals surface area contributed by atoms with Crippen LogP contribution in [0.3, 0.4) is 0 Å². The fraction of sp³-hybridized carbons (Fsp3) is 0.462. The maximum absolute atomic E-state index is 12.1. The number of hydrogen-bond acceptors (Lipinski definition) is 9. The molecule has 0 saturated carbocycles. The number of carbonyl (C=O) groups excluding carboxylic acids is 2. The van der Waals surface area contributed by atoms with Gasteiger partial charge < -0.3 is 14.2 Å². The van der Waals surface area contributed by atoms with Crippen LogP contribution in [0.25, 0.3) is 0 Å². The number of thioether (sulfide) groups is 1. The number of morpholine rings is 1. The SMILES string of the molecule is Cc1cc(C(=O)Nc2nnc(SCC(=O)N3CCOCC3)s2)no1. The van der Waals surface area contributed by atoms with Crippen molar-refractivity contribution < 1.29 is 18.8 Å². The highest BCUT2D eigenvalue weighted by Crippen LogP contribution is 2.26. The number of carbonyl (C=O) groups is 2. The van der Waals surface area contributed by atoms with Crippen LogP contribution in [0.4, 0.5) is 5.13 Å². The molecule has 2 aromatic heterocycles. The largest absolute Gasteiger partial charge is 0.378 e. The molecule has 0 aliphatic carbocycles. The van der Waals surface area contributed by atoms with Gasteiger partial charge in [0.05, 0.1) is 19.0 Å². The van der Waals surface area contributed by atoms with Crippen molar-refractivity contribution in [1.82, 2.24) is 20.3 Å². The van der Waals surface area contributed by atoms with Gasteiger partial charge in [-0.05, 0) is 6.92 Å². The van der Waals surface area contributed by atoms with Gasteiger partial charge in [-0.2, -0.15) is 0 Å². The fourth-order valence-electron chi connectivity index (χ4n) is 1.98. The minimum absolute atomic E-state index is 0.0437. The lowest BCUT2D eigenvalue weighted by Gasteiger charge is -2.26. The lowest BCUT2D eigenvalue weighted by Crippen LogP contribution is -2.41. The summed E-state index contributed by atoms with van der Waals surface area (Å²) < 4.78 is 10.7. The number of anilines is 1. The number of aromatic nitrogens is 3. The molecule has 0 spiro atoms. The Balaban J connectivity index is 1.50. The number of ether oxygens (including phenoxy) is 1. The Bertz CT molecular complexity index is 726. The van der Waals surface area contributed by atoms with E-state index in [2.05, 4.69) is 20.7 Å². The molecular formula is C13H15N5O4S2. The Morgan fingerprint density at radius 1 is 1.38 bits per heavy atom. The van der Waals surface area contributed by atoms with Crippen LogP contribution in [-0.2, 0) is 9.53 Å². The average molecular weight is 369 g/mol. The van der Waals surface area contributed by atoms with E-state index >= 15 is 0 Å². The second kappa shape index (κ2) is 7.73. The van der Waals surface area contributed by atoms with Crippen LogP contribution in [-0.4, -0.2) is 64.1 Å². The molecule has 1 aliphatic rings. The van der Waals surface area contributed by atoms with E-state index < -0.39 is 5.91 Å². The number of nitrogens with one attached hydrogen (secondary N) is 1. The summed E-state index contributed by atoms with van der Waals surface area (Å²) in [5, 5.41) is 14.4. The van der Waals surface area contributed by atoms with Crippen molar-refractivity contribution >= 4 is 40.0 Å². The third-order valence-corrected chi connectivity index (χ3v) is 5.13. The van der Waals surface area contributed by atoms with Crippen LogP contribution in [0.2, 0.25) is 0 Å².